The van der Waals surface area contributed by atoms with E-state index in [9.17, 15) is 4.79 Å². The summed E-state index contributed by atoms with van der Waals surface area (Å²) in [4.78, 5) is 13.9. The van der Waals surface area contributed by atoms with E-state index in [1.807, 2.05) is 11.0 Å². The van der Waals surface area contributed by atoms with Crippen LogP contribution in [0.15, 0.2) is 12.1 Å². The zero-order valence-corrected chi connectivity index (χ0v) is 11.2. The SMILES string of the molecule is C#CCNC(=O)[C@H]1CCCN(c2ccc(Cl)nn2)C1. The molecule has 2 heterocycles. The van der Waals surface area contributed by atoms with Crippen molar-refractivity contribution in [2.75, 3.05) is 24.5 Å². The lowest BCUT2D eigenvalue weighted by Gasteiger charge is -2.32. The molecule has 0 aliphatic carbocycles. The Bertz CT molecular complexity index is 482. The number of carbonyl (C=O) groups excluding carboxylic acids is 1. The topological polar surface area (TPSA) is 58.1 Å². The number of hydrogen-bond acceptors (Lipinski definition) is 4. The number of piperidine rings is 1. The van der Waals surface area contributed by atoms with Crippen LogP contribution in [0.2, 0.25) is 5.15 Å². The van der Waals surface area contributed by atoms with E-state index in [1.165, 1.54) is 0 Å². The number of terminal acetylenes is 1. The number of nitrogens with one attached hydrogen (secondary N) is 1. The maximum absolute atomic E-state index is 11.9. The van der Waals surface area contributed by atoms with Crippen LogP contribution in [0.1, 0.15) is 12.8 Å². The summed E-state index contributed by atoms with van der Waals surface area (Å²) in [5.41, 5.74) is 0. The van der Waals surface area contributed by atoms with E-state index in [0.717, 1.165) is 25.2 Å². The van der Waals surface area contributed by atoms with E-state index in [4.69, 9.17) is 18.0 Å². The molecule has 1 aliphatic heterocycles. The molecule has 6 heteroatoms. The number of amides is 1. The average molecular weight is 279 g/mol. The highest BCUT2D eigenvalue weighted by molar-refractivity contribution is 6.29. The van der Waals surface area contributed by atoms with E-state index < -0.39 is 0 Å². The predicted molar refractivity (Wildman–Crippen MR) is 73.8 cm³/mol. The molecule has 100 valence electrons. The smallest absolute Gasteiger partial charge is 0.225 e. The van der Waals surface area contributed by atoms with Gasteiger partial charge in [0.15, 0.2) is 11.0 Å². The first-order valence-corrected chi connectivity index (χ1v) is 6.54. The van der Waals surface area contributed by atoms with Crippen molar-refractivity contribution in [1.82, 2.24) is 15.5 Å². The Morgan fingerprint density at radius 2 is 2.42 bits per heavy atom. The van der Waals surface area contributed by atoms with Gasteiger partial charge >= 0.3 is 0 Å². The molecule has 0 spiro atoms. The summed E-state index contributed by atoms with van der Waals surface area (Å²) in [6, 6.07) is 3.52. The van der Waals surface area contributed by atoms with Crippen molar-refractivity contribution in [3.8, 4) is 12.3 Å². The van der Waals surface area contributed by atoms with Crippen LogP contribution in [-0.2, 0) is 4.79 Å². The third kappa shape index (κ3) is 3.58. The Morgan fingerprint density at radius 1 is 1.58 bits per heavy atom. The maximum atomic E-state index is 11.9. The van der Waals surface area contributed by atoms with Crippen LogP contribution >= 0.6 is 11.6 Å². The highest BCUT2D eigenvalue weighted by atomic mass is 35.5. The lowest BCUT2D eigenvalue weighted by molar-refractivity contribution is -0.124. The number of rotatable bonds is 3. The quantitative estimate of drug-likeness (QED) is 0.841. The zero-order chi connectivity index (χ0) is 13.7. The summed E-state index contributed by atoms with van der Waals surface area (Å²) in [6.45, 7) is 1.78. The molecule has 0 bridgehead atoms. The monoisotopic (exact) mass is 278 g/mol. The van der Waals surface area contributed by atoms with Gasteiger partial charge in [-0.1, -0.05) is 17.5 Å². The first-order valence-electron chi connectivity index (χ1n) is 6.16. The van der Waals surface area contributed by atoms with Crippen LogP contribution in [0.5, 0.6) is 0 Å². The number of halogens is 1. The van der Waals surface area contributed by atoms with Gasteiger partial charge in [0, 0.05) is 13.1 Å². The average Bonchev–Trinajstić information content (AvgIpc) is 2.45. The van der Waals surface area contributed by atoms with Crippen molar-refractivity contribution in [3.05, 3.63) is 17.3 Å². The summed E-state index contributed by atoms with van der Waals surface area (Å²) >= 11 is 5.71. The third-order valence-corrected chi connectivity index (χ3v) is 3.30. The molecule has 0 aromatic carbocycles. The van der Waals surface area contributed by atoms with Gasteiger partial charge in [-0.3, -0.25) is 4.79 Å². The second-order valence-electron chi connectivity index (χ2n) is 4.42. The molecular weight excluding hydrogens is 264 g/mol. The van der Waals surface area contributed by atoms with Crippen LogP contribution in [0.3, 0.4) is 0 Å². The molecule has 19 heavy (non-hydrogen) atoms. The lowest BCUT2D eigenvalue weighted by atomic mass is 9.97. The van der Waals surface area contributed by atoms with E-state index in [-0.39, 0.29) is 18.4 Å². The van der Waals surface area contributed by atoms with Crippen molar-refractivity contribution < 1.29 is 4.79 Å². The molecule has 1 aromatic heterocycles. The molecule has 1 N–H and O–H groups in total. The van der Waals surface area contributed by atoms with Crippen molar-refractivity contribution in [1.29, 1.82) is 0 Å². The van der Waals surface area contributed by atoms with E-state index >= 15 is 0 Å². The van der Waals surface area contributed by atoms with Gasteiger partial charge in [0.2, 0.25) is 5.91 Å². The van der Waals surface area contributed by atoms with Gasteiger partial charge in [-0.15, -0.1) is 16.6 Å². The van der Waals surface area contributed by atoms with Crippen LogP contribution in [0.25, 0.3) is 0 Å². The number of hydrogen-bond donors (Lipinski definition) is 1. The normalized spacial score (nSPS) is 18.7. The number of aromatic nitrogens is 2. The second-order valence-corrected chi connectivity index (χ2v) is 4.81. The fourth-order valence-corrected chi connectivity index (χ4v) is 2.26. The van der Waals surface area contributed by atoms with E-state index in [2.05, 4.69) is 21.4 Å². The molecule has 1 fully saturated rings. The number of carbonyl (C=O) groups is 1. The molecule has 1 aromatic rings. The number of anilines is 1. The minimum atomic E-state index is -0.0559. The first-order chi connectivity index (χ1) is 9.20. The fourth-order valence-electron chi connectivity index (χ4n) is 2.16. The molecule has 1 aliphatic rings. The summed E-state index contributed by atoms with van der Waals surface area (Å²) in [6.07, 6.45) is 6.94. The summed E-state index contributed by atoms with van der Waals surface area (Å²) in [7, 11) is 0. The van der Waals surface area contributed by atoms with E-state index in [1.54, 1.807) is 6.07 Å². The zero-order valence-electron chi connectivity index (χ0n) is 10.5. The molecule has 1 atom stereocenters. The van der Waals surface area contributed by atoms with Crippen molar-refractivity contribution >= 4 is 23.3 Å². The first kappa shape index (κ1) is 13.6. The molecule has 0 unspecified atom stereocenters. The standard InChI is InChI=1S/C13H15ClN4O/c1-2-7-15-13(19)10-4-3-8-18(9-10)12-6-5-11(14)16-17-12/h1,5-6,10H,3-4,7-9H2,(H,15,19)/t10-/m0/s1. The molecule has 2 rings (SSSR count). The summed E-state index contributed by atoms with van der Waals surface area (Å²) in [5, 5.41) is 10.9. The second kappa shape index (κ2) is 6.39. The summed E-state index contributed by atoms with van der Waals surface area (Å²) in [5.74, 6) is 3.10. The van der Waals surface area contributed by atoms with Crippen molar-refractivity contribution in [2.24, 2.45) is 5.92 Å². The van der Waals surface area contributed by atoms with Crippen molar-refractivity contribution in [3.63, 3.8) is 0 Å². The number of nitrogens with zero attached hydrogens (tertiary/aromatic N) is 3. The minimum Gasteiger partial charge on any atom is -0.354 e. The third-order valence-electron chi connectivity index (χ3n) is 3.10. The highest BCUT2D eigenvalue weighted by Crippen LogP contribution is 2.21. The lowest BCUT2D eigenvalue weighted by Crippen LogP contribution is -2.43. The van der Waals surface area contributed by atoms with Gasteiger partial charge in [-0.25, -0.2) is 0 Å². The van der Waals surface area contributed by atoms with Gasteiger partial charge in [-0.2, -0.15) is 0 Å². The largest absolute Gasteiger partial charge is 0.354 e. The molecule has 5 nitrogen and oxygen atoms in total. The van der Waals surface area contributed by atoms with Crippen LogP contribution < -0.4 is 10.2 Å². The van der Waals surface area contributed by atoms with Crippen LogP contribution in [0.4, 0.5) is 5.82 Å². The maximum Gasteiger partial charge on any atom is 0.225 e. The predicted octanol–water partition coefficient (Wildman–Crippen LogP) is 1.10. The minimum absolute atomic E-state index is 0.00423. The Balaban J connectivity index is 1.99. The fraction of sp³-hybridized carbons (Fsp3) is 0.462. The van der Waals surface area contributed by atoms with Gasteiger partial charge < -0.3 is 10.2 Å². The Kier molecular flexibility index (Phi) is 4.58. The van der Waals surface area contributed by atoms with Crippen molar-refractivity contribution in [2.45, 2.75) is 12.8 Å². The van der Waals surface area contributed by atoms with Crippen LogP contribution in [0, 0.1) is 18.3 Å². The van der Waals surface area contributed by atoms with Gasteiger partial charge in [0.1, 0.15) is 0 Å². The molecule has 0 radical (unpaired) electrons. The van der Waals surface area contributed by atoms with Gasteiger partial charge in [0.05, 0.1) is 12.5 Å². The molecule has 1 amide bonds. The summed E-state index contributed by atoms with van der Waals surface area (Å²) < 4.78 is 0. The highest BCUT2D eigenvalue weighted by Gasteiger charge is 2.26. The Labute approximate surface area is 117 Å². The van der Waals surface area contributed by atoms with Gasteiger partial charge in [-0.05, 0) is 25.0 Å². The molecular formula is C13H15ClN4O. The Hall–Kier alpha value is -1.80. The molecule has 1 saturated heterocycles. The van der Waals surface area contributed by atoms with E-state index in [0.29, 0.717) is 11.7 Å². The van der Waals surface area contributed by atoms with Gasteiger partial charge in [0.25, 0.3) is 0 Å². The molecule has 0 saturated carbocycles. The Morgan fingerprint density at radius 3 is 3.11 bits per heavy atom. The van der Waals surface area contributed by atoms with Crippen LogP contribution in [-0.4, -0.2) is 35.7 Å².